The summed E-state index contributed by atoms with van der Waals surface area (Å²) in [7, 11) is -0.417. The van der Waals surface area contributed by atoms with Gasteiger partial charge >= 0.3 is 13.1 Å². The van der Waals surface area contributed by atoms with Gasteiger partial charge in [0.1, 0.15) is 0 Å². The second-order valence-electron chi connectivity index (χ2n) is 6.55. The largest absolute Gasteiger partial charge is 0.490 e. The fraction of sp³-hybridized carbons (Fsp3) is 0.706. The summed E-state index contributed by atoms with van der Waals surface area (Å²) in [5, 5.41) is 0. The van der Waals surface area contributed by atoms with Gasteiger partial charge in [-0.25, -0.2) is 0 Å². The van der Waals surface area contributed by atoms with E-state index < -0.39 is 7.12 Å². The van der Waals surface area contributed by atoms with E-state index in [0.717, 1.165) is 17.5 Å². The Bertz CT molecular complexity index is 436. The highest BCUT2D eigenvalue weighted by atomic mass is 16.7. The maximum atomic E-state index is 11.8. The highest BCUT2D eigenvalue weighted by molar-refractivity contribution is 6.54. The van der Waals surface area contributed by atoms with E-state index in [1.54, 1.807) is 6.08 Å². The van der Waals surface area contributed by atoms with Crippen LogP contribution in [0.25, 0.3) is 0 Å². The molecule has 1 aliphatic heterocycles. The summed E-state index contributed by atoms with van der Waals surface area (Å²) in [6.07, 6.45) is 3.45. The number of allylic oxidation sites excluding steroid dienone is 2. The third-order valence-corrected chi connectivity index (χ3v) is 4.43. The van der Waals surface area contributed by atoms with E-state index in [2.05, 4.69) is 13.5 Å². The Labute approximate surface area is 135 Å². The highest BCUT2D eigenvalue weighted by Gasteiger charge is 2.52. The van der Waals surface area contributed by atoms with Crippen LogP contribution in [0.3, 0.4) is 0 Å². The molecule has 0 aromatic carbocycles. The van der Waals surface area contributed by atoms with Gasteiger partial charge in [-0.1, -0.05) is 18.6 Å². The first kappa shape index (κ1) is 19.0. The Morgan fingerprint density at radius 2 is 1.73 bits per heavy atom. The van der Waals surface area contributed by atoms with Crippen LogP contribution in [-0.2, 0) is 18.8 Å². The molecule has 0 amide bonds. The van der Waals surface area contributed by atoms with Gasteiger partial charge in [0.25, 0.3) is 0 Å². The summed E-state index contributed by atoms with van der Waals surface area (Å²) in [4.78, 5) is 11.8. The Balaban J connectivity index is 3.07. The van der Waals surface area contributed by atoms with Gasteiger partial charge in [0.05, 0.1) is 24.2 Å². The van der Waals surface area contributed by atoms with Crippen LogP contribution in [0, 0.1) is 0 Å². The van der Waals surface area contributed by atoms with Crippen molar-refractivity contribution in [2.24, 2.45) is 0 Å². The molecule has 124 valence electrons. The molecule has 0 aliphatic carbocycles. The Hall–Kier alpha value is -1.07. The first-order chi connectivity index (χ1) is 10.2. The lowest BCUT2D eigenvalue weighted by Gasteiger charge is -2.32. The molecular weight excluding hydrogens is 279 g/mol. The molecule has 4 nitrogen and oxygen atoms in total. The molecule has 0 radical (unpaired) electrons. The predicted octanol–water partition coefficient (Wildman–Crippen LogP) is 3.85. The molecule has 0 N–H and O–H groups in total. The number of carbonyl (C=O) groups excluding carboxylic acids is 1. The van der Waals surface area contributed by atoms with Crippen LogP contribution in [0.15, 0.2) is 23.7 Å². The second kappa shape index (κ2) is 7.47. The van der Waals surface area contributed by atoms with Gasteiger partial charge in [0, 0.05) is 0 Å². The van der Waals surface area contributed by atoms with Crippen molar-refractivity contribution in [2.45, 2.75) is 72.0 Å². The van der Waals surface area contributed by atoms with Crippen LogP contribution in [0.2, 0.25) is 0 Å². The van der Waals surface area contributed by atoms with Crippen molar-refractivity contribution < 1.29 is 18.8 Å². The molecule has 0 aromatic heterocycles. The summed E-state index contributed by atoms with van der Waals surface area (Å²) < 4.78 is 17.3. The Kier molecular flexibility index (Phi) is 6.44. The third kappa shape index (κ3) is 4.23. The van der Waals surface area contributed by atoms with E-state index in [-0.39, 0.29) is 23.6 Å². The summed E-state index contributed by atoms with van der Waals surface area (Å²) in [5.41, 5.74) is 1.23. The van der Waals surface area contributed by atoms with E-state index in [1.165, 1.54) is 0 Å². The maximum absolute atomic E-state index is 11.8. The van der Waals surface area contributed by atoms with Crippen LogP contribution < -0.4 is 0 Å². The molecule has 0 saturated carbocycles. The lowest BCUT2D eigenvalue weighted by atomic mass is 9.72. The normalized spacial score (nSPS) is 20.5. The summed E-state index contributed by atoms with van der Waals surface area (Å²) in [6.45, 7) is 16.1. The number of esters is 1. The number of ether oxygens (including phenoxy) is 1. The van der Waals surface area contributed by atoms with Crippen molar-refractivity contribution in [2.75, 3.05) is 6.61 Å². The van der Waals surface area contributed by atoms with Gasteiger partial charge < -0.3 is 14.0 Å². The van der Waals surface area contributed by atoms with Crippen molar-refractivity contribution in [3.05, 3.63) is 23.7 Å². The molecule has 1 saturated heterocycles. The molecular formula is C17H29BO4. The maximum Gasteiger partial charge on any atom is 0.490 e. The van der Waals surface area contributed by atoms with Crippen molar-refractivity contribution in [1.82, 2.24) is 0 Å². The van der Waals surface area contributed by atoms with Gasteiger partial charge in [-0.15, -0.1) is 6.58 Å². The standard InChI is InChI=1S/C17H29BO4/c1-8-11-13(12-15(19)20-10-3)14(9-2)18-21-16(4,5)17(6,7)22-18/h8H,1,9-12H2,2-7H3/b14-13+. The molecule has 1 aliphatic rings. The van der Waals surface area contributed by atoms with Crippen molar-refractivity contribution >= 4 is 13.1 Å². The average Bonchev–Trinajstić information content (AvgIpc) is 2.59. The molecule has 0 spiro atoms. The average molecular weight is 308 g/mol. The zero-order valence-electron chi connectivity index (χ0n) is 14.8. The molecule has 0 aromatic rings. The Morgan fingerprint density at radius 1 is 1.18 bits per heavy atom. The van der Waals surface area contributed by atoms with Gasteiger partial charge in [-0.05, 0) is 52.9 Å². The molecule has 1 rings (SSSR count). The predicted molar refractivity (Wildman–Crippen MR) is 89.5 cm³/mol. The van der Waals surface area contributed by atoms with E-state index in [9.17, 15) is 4.79 Å². The molecule has 22 heavy (non-hydrogen) atoms. The molecule has 1 fully saturated rings. The minimum atomic E-state index is -0.417. The van der Waals surface area contributed by atoms with E-state index in [0.29, 0.717) is 13.0 Å². The van der Waals surface area contributed by atoms with Crippen molar-refractivity contribution in [3.8, 4) is 0 Å². The number of hydrogen-bond donors (Lipinski definition) is 0. The summed E-state index contributed by atoms with van der Waals surface area (Å²) in [6, 6.07) is 0. The van der Waals surface area contributed by atoms with E-state index in [4.69, 9.17) is 14.0 Å². The lowest BCUT2D eigenvalue weighted by molar-refractivity contribution is -0.142. The van der Waals surface area contributed by atoms with Gasteiger partial charge in [-0.3, -0.25) is 4.79 Å². The van der Waals surface area contributed by atoms with Gasteiger partial charge in [-0.2, -0.15) is 0 Å². The minimum absolute atomic E-state index is 0.221. The number of rotatable bonds is 7. The molecule has 0 unspecified atom stereocenters. The topological polar surface area (TPSA) is 44.8 Å². The van der Waals surface area contributed by atoms with E-state index >= 15 is 0 Å². The quantitative estimate of drug-likeness (QED) is 0.407. The fourth-order valence-electron chi connectivity index (χ4n) is 2.45. The van der Waals surface area contributed by atoms with E-state index in [1.807, 2.05) is 34.6 Å². The molecule has 5 heteroatoms. The van der Waals surface area contributed by atoms with Crippen LogP contribution in [0.5, 0.6) is 0 Å². The second-order valence-corrected chi connectivity index (χ2v) is 6.55. The molecule has 0 atom stereocenters. The summed E-state index contributed by atoms with van der Waals surface area (Å²) in [5.74, 6) is -0.221. The lowest BCUT2D eigenvalue weighted by Crippen LogP contribution is -2.41. The first-order valence-electron chi connectivity index (χ1n) is 8.01. The van der Waals surface area contributed by atoms with Gasteiger partial charge in [0.15, 0.2) is 0 Å². The van der Waals surface area contributed by atoms with Crippen LogP contribution in [0.4, 0.5) is 0 Å². The van der Waals surface area contributed by atoms with Crippen molar-refractivity contribution in [1.29, 1.82) is 0 Å². The van der Waals surface area contributed by atoms with Crippen LogP contribution >= 0.6 is 0 Å². The monoisotopic (exact) mass is 308 g/mol. The minimum Gasteiger partial charge on any atom is -0.466 e. The fourth-order valence-corrected chi connectivity index (χ4v) is 2.45. The van der Waals surface area contributed by atoms with Crippen molar-refractivity contribution in [3.63, 3.8) is 0 Å². The Morgan fingerprint density at radius 3 is 2.14 bits per heavy atom. The highest BCUT2D eigenvalue weighted by Crippen LogP contribution is 2.40. The zero-order valence-corrected chi connectivity index (χ0v) is 14.8. The zero-order chi connectivity index (χ0) is 17.0. The number of hydrogen-bond acceptors (Lipinski definition) is 4. The molecule has 0 bridgehead atoms. The SMILES string of the molecule is C=CC/C(CC(=O)OCC)=C(/CC)B1OC(C)(C)C(C)(C)O1. The first-order valence-corrected chi connectivity index (χ1v) is 8.01. The molecule has 1 heterocycles. The summed E-state index contributed by atoms with van der Waals surface area (Å²) >= 11 is 0. The smallest absolute Gasteiger partial charge is 0.466 e. The van der Waals surface area contributed by atoms with Crippen LogP contribution in [0.1, 0.15) is 60.8 Å². The van der Waals surface area contributed by atoms with Crippen LogP contribution in [-0.4, -0.2) is 30.9 Å². The number of carbonyl (C=O) groups is 1. The third-order valence-electron chi connectivity index (χ3n) is 4.43. The van der Waals surface area contributed by atoms with Gasteiger partial charge in [0.2, 0.25) is 0 Å².